The zero-order valence-electron chi connectivity index (χ0n) is 12.9. The Bertz CT molecular complexity index is 761. The molecule has 0 bridgehead atoms. The standard InChI is InChI=1S/C16H17ClN4OS/c1-16(2)11-7-21(8-12(11)16)15(22)18-10-5-3-4-9(6-10)13-14(17)23-20-19-13/h3-6,11-12H,7-8H2,1-2H3,(H,18,22). The summed E-state index contributed by atoms with van der Waals surface area (Å²) in [6.07, 6.45) is 0. The summed E-state index contributed by atoms with van der Waals surface area (Å²) in [5.41, 5.74) is 2.66. The fraction of sp³-hybridized carbons (Fsp3) is 0.438. The average molecular weight is 349 g/mol. The predicted molar refractivity (Wildman–Crippen MR) is 91.7 cm³/mol. The molecule has 1 aliphatic carbocycles. The number of carbonyl (C=O) groups excluding carboxylic acids is 1. The molecule has 1 N–H and O–H groups in total. The van der Waals surface area contributed by atoms with Gasteiger partial charge in [-0.3, -0.25) is 0 Å². The highest BCUT2D eigenvalue weighted by molar-refractivity contribution is 7.10. The number of hydrogen-bond acceptors (Lipinski definition) is 4. The minimum atomic E-state index is -0.0346. The van der Waals surface area contributed by atoms with Gasteiger partial charge in [-0.15, -0.1) is 5.10 Å². The van der Waals surface area contributed by atoms with Gasteiger partial charge in [-0.1, -0.05) is 42.1 Å². The zero-order valence-corrected chi connectivity index (χ0v) is 14.5. The first-order chi connectivity index (χ1) is 11.0. The number of nitrogens with one attached hydrogen (secondary N) is 1. The lowest BCUT2D eigenvalue weighted by molar-refractivity contribution is 0.209. The van der Waals surface area contributed by atoms with Crippen LogP contribution in [0, 0.1) is 17.3 Å². The molecule has 2 unspecified atom stereocenters. The van der Waals surface area contributed by atoms with E-state index in [1.165, 1.54) is 0 Å². The van der Waals surface area contributed by atoms with Crippen molar-refractivity contribution in [2.45, 2.75) is 13.8 Å². The topological polar surface area (TPSA) is 58.1 Å². The number of rotatable bonds is 2. The van der Waals surface area contributed by atoms with Crippen molar-refractivity contribution in [3.8, 4) is 11.3 Å². The number of likely N-dealkylation sites (tertiary alicyclic amines) is 1. The summed E-state index contributed by atoms with van der Waals surface area (Å²) < 4.78 is 4.39. The molecule has 1 aliphatic heterocycles. The van der Waals surface area contributed by atoms with Gasteiger partial charge in [0.05, 0.1) is 0 Å². The van der Waals surface area contributed by atoms with E-state index in [1.807, 2.05) is 29.2 Å². The summed E-state index contributed by atoms with van der Waals surface area (Å²) in [7, 11) is 0. The molecule has 4 rings (SSSR count). The second-order valence-electron chi connectivity index (χ2n) is 6.85. The van der Waals surface area contributed by atoms with Crippen molar-refractivity contribution in [1.29, 1.82) is 0 Å². The van der Waals surface area contributed by atoms with Gasteiger partial charge in [0.25, 0.3) is 0 Å². The Labute approximate surface area is 143 Å². The maximum absolute atomic E-state index is 12.4. The summed E-state index contributed by atoms with van der Waals surface area (Å²) >= 11 is 7.23. The smallest absolute Gasteiger partial charge is 0.321 e. The summed E-state index contributed by atoms with van der Waals surface area (Å²) in [5.74, 6) is 1.30. The van der Waals surface area contributed by atoms with E-state index in [-0.39, 0.29) is 6.03 Å². The van der Waals surface area contributed by atoms with Crippen LogP contribution < -0.4 is 5.32 Å². The van der Waals surface area contributed by atoms with Crippen LogP contribution in [0.15, 0.2) is 24.3 Å². The molecule has 0 spiro atoms. The molecule has 1 aromatic carbocycles. The van der Waals surface area contributed by atoms with E-state index in [0.29, 0.717) is 27.3 Å². The van der Waals surface area contributed by atoms with Crippen molar-refractivity contribution in [1.82, 2.24) is 14.5 Å². The number of nitrogens with zero attached hydrogens (tertiary/aromatic N) is 3. The lowest BCUT2D eigenvalue weighted by Crippen LogP contribution is -2.36. The van der Waals surface area contributed by atoms with Crippen LogP contribution in [0.5, 0.6) is 0 Å². The number of benzene rings is 1. The van der Waals surface area contributed by atoms with E-state index < -0.39 is 0 Å². The minimum absolute atomic E-state index is 0.0346. The molecule has 2 fully saturated rings. The molecule has 0 radical (unpaired) electrons. The average Bonchev–Trinajstić information content (AvgIpc) is 2.97. The van der Waals surface area contributed by atoms with E-state index in [0.717, 1.165) is 35.9 Å². The molecule has 120 valence electrons. The Hall–Kier alpha value is -1.66. The van der Waals surface area contributed by atoms with E-state index in [9.17, 15) is 4.79 Å². The number of fused-ring (bicyclic) bond motifs is 1. The third-order valence-corrected chi connectivity index (χ3v) is 6.15. The van der Waals surface area contributed by atoms with E-state index in [1.54, 1.807) is 0 Å². The SMILES string of the molecule is CC1(C)C2CN(C(=O)Nc3cccc(-c4nnsc4Cl)c3)CC21. The molecular formula is C16H17ClN4OS. The van der Waals surface area contributed by atoms with Crippen molar-refractivity contribution in [3.63, 3.8) is 0 Å². The first-order valence-electron chi connectivity index (χ1n) is 7.61. The van der Waals surface area contributed by atoms with Crippen LogP contribution in [0.3, 0.4) is 0 Å². The van der Waals surface area contributed by atoms with Crippen molar-refractivity contribution in [2.75, 3.05) is 18.4 Å². The number of halogens is 1. The Kier molecular flexibility index (Phi) is 3.35. The first-order valence-corrected chi connectivity index (χ1v) is 8.76. The van der Waals surface area contributed by atoms with Crippen LogP contribution in [-0.2, 0) is 0 Å². The molecule has 2 heterocycles. The van der Waals surface area contributed by atoms with Gasteiger partial charge in [-0.05, 0) is 29.4 Å². The molecule has 2 amide bonds. The number of anilines is 1. The molecule has 1 saturated heterocycles. The van der Waals surface area contributed by atoms with E-state index in [4.69, 9.17) is 11.6 Å². The largest absolute Gasteiger partial charge is 0.324 e. The molecule has 1 saturated carbocycles. The highest BCUT2D eigenvalue weighted by Gasteiger charge is 2.62. The summed E-state index contributed by atoms with van der Waals surface area (Å²) in [5, 5.41) is 7.00. The number of piperidine rings is 1. The number of hydrogen-bond donors (Lipinski definition) is 1. The van der Waals surface area contributed by atoms with Gasteiger partial charge in [-0.2, -0.15) is 0 Å². The third kappa shape index (κ3) is 2.50. The highest BCUT2D eigenvalue weighted by Crippen LogP contribution is 2.61. The van der Waals surface area contributed by atoms with Crippen LogP contribution in [-0.4, -0.2) is 33.6 Å². The quantitative estimate of drug-likeness (QED) is 0.893. The molecule has 23 heavy (non-hydrogen) atoms. The van der Waals surface area contributed by atoms with Gasteiger partial charge in [0.2, 0.25) is 0 Å². The maximum atomic E-state index is 12.4. The lowest BCUT2D eigenvalue weighted by atomic mass is 10.1. The van der Waals surface area contributed by atoms with Crippen LogP contribution in [0.2, 0.25) is 4.34 Å². The Morgan fingerprint density at radius 2 is 2.13 bits per heavy atom. The van der Waals surface area contributed by atoms with Crippen molar-refractivity contribution < 1.29 is 4.79 Å². The monoisotopic (exact) mass is 348 g/mol. The Morgan fingerprint density at radius 3 is 2.78 bits per heavy atom. The normalized spacial score (nSPS) is 24.4. The number of carbonyl (C=O) groups is 1. The molecule has 7 heteroatoms. The molecule has 2 aromatic rings. The number of urea groups is 1. The van der Waals surface area contributed by atoms with Gasteiger partial charge in [0.1, 0.15) is 10.0 Å². The second kappa shape index (κ2) is 5.18. The van der Waals surface area contributed by atoms with Crippen LogP contribution in [0.25, 0.3) is 11.3 Å². The minimum Gasteiger partial charge on any atom is -0.324 e. The van der Waals surface area contributed by atoms with Crippen LogP contribution in [0.4, 0.5) is 10.5 Å². The van der Waals surface area contributed by atoms with Crippen LogP contribution in [0.1, 0.15) is 13.8 Å². The predicted octanol–water partition coefficient (Wildman–Crippen LogP) is 3.98. The van der Waals surface area contributed by atoms with Gasteiger partial charge in [0.15, 0.2) is 0 Å². The number of aromatic nitrogens is 2. The fourth-order valence-corrected chi connectivity index (χ4v) is 4.27. The zero-order chi connectivity index (χ0) is 16.2. The Balaban J connectivity index is 1.46. The molecule has 5 nitrogen and oxygen atoms in total. The van der Waals surface area contributed by atoms with Crippen molar-refractivity contribution >= 4 is 34.9 Å². The van der Waals surface area contributed by atoms with Crippen LogP contribution >= 0.6 is 23.1 Å². The molecule has 1 aromatic heterocycles. The fourth-order valence-electron chi connectivity index (χ4n) is 3.60. The summed E-state index contributed by atoms with van der Waals surface area (Å²) in [6.45, 7) is 6.27. The third-order valence-electron chi connectivity index (χ3n) is 5.24. The second-order valence-corrected chi connectivity index (χ2v) is 8.20. The van der Waals surface area contributed by atoms with E-state index >= 15 is 0 Å². The summed E-state index contributed by atoms with van der Waals surface area (Å²) in [6, 6.07) is 7.50. The Morgan fingerprint density at radius 1 is 1.39 bits per heavy atom. The molecule has 2 aliphatic rings. The highest BCUT2D eigenvalue weighted by atomic mass is 35.5. The maximum Gasteiger partial charge on any atom is 0.321 e. The van der Waals surface area contributed by atoms with Gasteiger partial charge < -0.3 is 10.2 Å². The lowest BCUT2D eigenvalue weighted by Gasteiger charge is -2.22. The molecule has 2 atom stereocenters. The van der Waals surface area contributed by atoms with Crippen molar-refractivity contribution in [3.05, 3.63) is 28.6 Å². The number of amides is 2. The van der Waals surface area contributed by atoms with Gasteiger partial charge in [-0.25, -0.2) is 4.79 Å². The summed E-state index contributed by atoms with van der Waals surface area (Å²) in [4.78, 5) is 14.3. The van der Waals surface area contributed by atoms with Gasteiger partial charge in [0, 0.05) is 35.9 Å². The van der Waals surface area contributed by atoms with Crippen molar-refractivity contribution in [2.24, 2.45) is 17.3 Å². The molecular weight excluding hydrogens is 332 g/mol. The van der Waals surface area contributed by atoms with Gasteiger partial charge >= 0.3 is 6.03 Å². The van der Waals surface area contributed by atoms with E-state index in [2.05, 4.69) is 28.8 Å². The first kappa shape index (κ1) is 14.9.